The quantitative estimate of drug-likeness (QED) is 0.757. The number of nitrogens with two attached hydrogens (primary N) is 1. The van der Waals surface area contributed by atoms with Crippen LogP contribution in [-0.2, 0) is 0 Å². The lowest BCUT2D eigenvalue weighted by molar-refractivity contribution is 1.00. The Morgan fingerprint density at radius 1 is 1.22 bits per heavy atom. The number of allylic oxidation sites excluding steroid dienone is 8. The summed E-state index contributed by atoms with van der Waals surface area (Å²) in [7, 11) is 0. The molecule has 0 heterocycles. The topological polar surface area (TPSA) is 26.0 Å². The van der Waals surface area contributed by atoms with Gasteiger partial charge < -0.3 is 0 Å². The number of fused-ring (bicyclic) bond motifs is 2. The highest BCUT2D eigenvalue weighted by Gasteiger charge is 2.26. The largest absolute Gasteiger partial charge is 0.281 e. The molecule has 23 heavy (non-hydrogen) atoms. The van der Waals surface area contributed by atoms with E-state index in [2.05, 4.69) is 80.4 Å². The highest BCUT2D eigenvalue weighted by atomic mass is 32.1. The van der Waals surface area contributed by atoms with Crippen molar-refractivity contribution in [1.82, 2.24) is 0 Å². The molecule has 0 aromatic heterocycles. The molecule has 4 rings (SSSR count). The molecule has 1 aromatic rings. The van der Waals surface area contributed by atoms with Gasteiger partial charge in [-0.25, -0.2) is 0 Å². The van der Waals surface area contributed by atoms with Gasteiger partial charge in [0.05, 0.1) is 0 Å². The molecule has 0 aliphatic heterocycles. The van der Waals surface area contributed by atoms with Gasteiger partial charge in [0.15, 0.2) is 0 Å². The molecule has 2 N–H and O–H groups in total. The first kappa shape index (κ1) is 16.1. The maximum Gasteiger partial charge on any atom is -0.00297 e. The van der Waals surface area contributed by atoms with Crippen molar-refractivity contribution >= 4 is 30.0 Å². The van der Waals surface area contributed by atoms with Crippen LogP contribution in [0.4, 0.5) is 0 Å². The van der Waals surface area contributed by atoms with Crippen LogP contribution in [0.1, 0.15) is 37.3 Å². The highest BCUT2D eigenvalue weighted by Crippen LogP contribution is 2.40. The molecule has 0 fully saturated rings. The zero-order chi connectivity index (χ0) is 16.4. The van der Waals surface area contributed by atoms with Crippen molar-refractivity contribution in [3.05, 3.63) is 75.2 Å². The van der Waals surface area contributed by atoms with E-state index in [4.69, 9.17) is 0 Å². The number of hydrogen-bond donors (Lipinski definition) is 2. The Morgan fingerprint density at radius 3 is 2.83 bits per heavy atom. The van der Waals surface area contributed by atoms with Crippen molar-refractivity contribution in [3.63, 3.8) is 0 Å². The molecular weight excluding hydrogens is 298 g/mol. The third-order valence-electron chi connectivity index (χ3n) is 4.68. The van der Waals surface area contributed by atoms with Gasteiger partial charge in [0.25, 0.3) is 0 Å². The average Bonchev–Trinajstić information content (AvgIpc) is 2.92. The average molecular weight is 321 g/mol. The van der Waals surface area contributed by atoms with E-state index < -0.39 is 0 Å². The Balaban J connectivity index is 0.000000753. The summed E-state index contributed by atoms with van der Waals surface area (Å²) in [6, 6.07) is 4.71. The zero-order valence-corrected chi connectivity index (χ0v) is 14.7. The first-order chi connectivity index (χ1) is 11.3. The molecule has 118 valence electrons. The minimum Gasteiger partial charge on any atom is -0.281 e. The molecule has 3 aliphatic carbocycles. The predicted molar refractivity (Wildman–Crippen MR) is 104 cm³/mol. The lowest BCUT2D eigenvalue weighted by Crippen LogP contribution is -2.31. The van der Waals surface area contributed by atoms with E-state index in [-0.39, 0.29) is 0 Å². The lowest BCUT2D eigenvalue weighted by Gasteiger charge is -2.16. The summed E-state index contributed by atoms with van der Waals surface area (Å²) >= 11 is 3.03. The maximum atomic E-state index is 4.19. The van der Waals surface area contributed by atoms with Crippen LogP contribution in [0.3, 0.4) is 0 Å². The van der Waals surface area contributed by atoms with E-state index in [0.717, 1.165) is 6.42 Å². The second-order valence-corrected chi connectivity index (χ2v) is 6.11. The number of aryl methyl sites for hydroxylation is 1. The summed E-state index contributed by atoms with van der Waals surface area (Å²) in [6.07, 6.45) is 17.1. The van der Waals surface area contributed by atoms with Crippen LogP contribution in [0.25, 0.3) is 17.2 Å². The molecule has 2 heteroatoms. The second kappa shape index (κ2) is 6.77. The van der Waals surface area contributed by atoms with Crippen molar-refractivity contribution in [3.8, 4) is 0 Å². The summed E-state index contributed by atoms with van der Waals surface area (Å²) in [5.74, 6) is 0. The van der Waals surface area contributed by atoms with Crippen LogP contribution in [0.5, 0.6) is 0 Å². The van der Waals surface area contributed by atoms with E-state index >= 15 is 0 Å². The Bertz CT molecular complexity index is 879. The van der Waals surface area contributed by atoms with Crippen LogP contribution >= 0.6 is 12.8 Å². The fourth-order valence-electron chi connectivity index (χ4n) is 3.83. The van der Waals surface area contributed by atoms with Crippen LogP contribution < -0.4 is 15.6 Å². The van der Waals surface area contributed by atoms with Crippen LogP contribution in [0, 0.1) is 6.92 Å². The first-order valence-corrected chi connectivity index (χ1v) is 8.65. The summed E-state index contributed by atoms with van der Waals surface area (Å²) < 4.78 is 0. The third-order valence-corrected chi connectivity index (χ3v) is 4.68. The van der Waals surface area contributed by atoms with Crippen LogP contribution in [-0.4, -0.2) is 0 Å². The molecule has 3 aliphatic rings. The maximum absolute atomic E-state index is 4.19. The summed E-state index contributed by atoms with van der Waals surface area (Å²) in [4.78, 5) is 0. The SMILES string of the molecule is C/C=C\C=C1/CC=c2cc(C)cc3c2=C1C1=C3C=CCC1.NS. The van der Waals surface area contributed by atoms with Crippen molar-refractivity contribution in [2.24, 2.45) is 5.14 Å². The van der Waals surface area contributed by atoms with E-state index in [1.54, 1.807) is 5.57 Å². The van der Waals surface area contributed by atoms with E-state index in [1.165, 1.54) is 51.1 Å². The second-order valence-electron chi connectivity index (χ2n) is 6.11. The third kappa shape index (κ3) is 2.66. The van der Waals surface area contributed by atoms with Gasteiger partial charge >= 0.3 is 0 Å². The number of rotatable bonds is 1. The molecular formula is C21H23NS. The molecule has 0 saturated carbocycles. The Morgan fingerprint density at radius 2 is 2.04 bits per heavy atom. The summed E-state index contributed by atoms with van der Waals surface area (Å²) in [6.45, 7) is 4.29. The molecule has 0 bridgehead atoms. The van der Waals surface area contributed by atoms with Gasteiger partial charge in [-0.3, -0.25) is 5.14 Å². The Labute approximate surface area is 143 Å². The lowest BCUT2D eigenvalue weighted by atomic mass is 9.88. The fourth-order valence-corrected chi connectivity index (χ4v) is 3.83. The van der Waals surface area contributed by atoms with Gasteiger partial charge in [0.1, 0.15) is 0 Å². The number of thiol groups is 1. The van der Waals surface area contributed by atoms with E-state index in [9.17, 15) is 0 Å². The van der Waals surface area contributed by atoms with Gasteiger partial charge in [0.2, 0.25) is 0 Å². The van der Waals surface area contributed by atoms with Gasteiger partial charge in [-0.2, -0.15) is 0 Å². The van der Waals surface area contributed by atoms with Crippen LogP contribution in [0.2, 0.25) is 0 Å². The van der Waals surface area contributed by atoms with Gasteiger partial charge in [-0.15, -0.1) is 12.8 Å². The van der Waals surface area contributed by atoms with Crippen molar-refractivity contribution in [2.75, 3.05) is 0 Å². The van der Waals surface area contributed by atoms with Gasteiger partial charge in [-0.1, -0.05) is 48.6 Å². The van der Waals surface area contributed by atoms with Crippen molar-refractivity contribution in [2.45, 2.75) is 33.1 Å². The molecule has 0 atom stereocenters. The Hall–Kier alpha value is -1.77. The summed E-state index contributed by atoms with van der Waals surface area (Å²) in [5, 5.41) is 7.11. The molecule has 0 unspecified atom stereocenters. The molecule has 0 amide bonds. The molecule has 1 nitrogen and oxygen atoms in total. The van der Waals surface area contributed by atoms with Crippen molar-refractivity contribution in [1.29, 1.82) is 0 Å². The van der Waals surface area contributed by atoms with Gasteiger partial charge in [0, 0.05) is 0 Å². The Kier molecular flexibility index (Phi) is 4.74. The zero-order valence-electron chi connectivity index (χ0n) is 13.8. The van der Waals surface area contributed by atoms with E-state index in [0.29, 0.717) is 0 Å². The van der Waals surface area contributed by atoms with Crippen LogP contribution in [0.15, 0.2) is 53.7 Å². The monoisotopic (exact) mass is 321 g/mol. The fraction of sp³-hybridized carbons (Fsp3) is 0.238. The molecule has 0 saturated heterocycles. The molecule has 1 aromatic carbocycles. The standard InChI is InChI=1S/C21H20.H3NS/c1-3-4-7-15-10-11-16-12-14(2)13-19-17-8-5-6-9-18(17)20(15)21(16)19;1-2/h3-5,7-8,11-13H,6,9-10H2,1-2H3;2H,1H2/b4-3-,15-7+;. The van der Waals surface area contributed by atoms with Gasteiger partial charge in [-0.05, 0) is 77.0 Å². The summed E-state index contributed by atoms with van der Waals surface area (Å²) in [5.41, 5.74) is 8.87. The smallest absolute Gasteiger partial charge is 0.00297 e. The molecule has 0 radical (unpaired) electrons. The first-order valence-electron chi connectivity index (χ1n) is 8.13. The normalized spacial score (nSPS) is 19.5. The highest BCUT2D eigenvalue weighted by molar-refractivity contribution is 7.77. The number of benzene rings is 1. The van der Waals surface area contributed by atoms with E-state index in [1.807, 2.05) is 0 Å². The minimum absolute atomic E-state index is 1.05. The minimum atomic E-state index is 1.05. The van der Waals surface area contributed by atoms with Crippen molar-refractivity contribution < 1.29 is 0 Å². The molecule has 0 spiro atoms. The number of hydrogen-bond acceptors (Lipinski definition) is 2. The predicted octanol–water partition coefficient (Wildman–Crippen LogP) is 3.74.